The molecule has 0 unspecified atom stereocenters. The summed E-state index contributed by atoms with van der Waals surface area (Å²) in [5, 5.41) is 6.64. The second-order valence-corrected chi connectivity index (χ2v) is 4.56. The number of benzene rings is 2. The average Bonchev–Trinajstić information content (AvgIpc) is 2.93. The van der Waals surface area contributed by atoms with E-state index in [4.69, 9.17) is 21.4 Å². The molecule has 0 radical (unpaired) electrons. The number of ether oxygens (including phenoxy) is 1. The first-order valence-corrected chi connectivity index (χ1v) is 6.55. The van der Waals surface area contributed by atoms with Gasteiger partial charge in [0, 0.05) is 0 Å². The first kappa shape index (κ1) is 12.6. The number of nitrogens with one attached hydrogen (secondary N) is 1. The van der Waals surface area contributed by atoms with E-state index in [0.717, 1.165) is 11.1 Å². The van der Waals surface area contributed by atoms with Crippen molar-refractivity contribution < 1.29 is 9.15 Å². The van der Waals surface area contributed by atoms with Crippen molar-refractivity contribution in [3.8, 4) is 17.2 Å². The van der Waals surface area contributed by atoms with Crippen LogP contribution in [0, 0.1) is 4.84 Å². The Hall–Kier alpha value is -2.40. The van der Waals surface area contributed by atoms with Gasteiger partial charge in [0.15, 0.2) is 0 Å². The van der Waals surface area contributed by atoms with E-state index in [1.54, 1.807) is 0 Å². The lowest BCUT2D eigenvalue weighted by molar-refractivity contribution is 0.306. The highest BCUT2D eigenvalue weighted by atomic mass is 32.1. The summed E-state index contributed by atoms with van der Waals surface area (Å²) in [7, 11) is 0. The summed E-state index contributed by atoms with van der Waals surface area (Å²) in [6, 6.07) is 17.6. The van der Waals surface area contributed by atoms with Gasteiger partial charge in [-0.3, -0.25) is 0 Å². The predicted molar refractivity (Wildman–Crippen MR) is 77.9 cm³/mol. The van der Waals surface area contributed by atoms with E-state index in [-0.39, 0.29) is 4.84 Å². The zero-order valence-corrected chi connectivity index (χ0v) is 11.4. The molecule has 0 saturated carbocycles. The standard InChI is InChI=1S/C15H12N2O2S/c20-15-17-16-14(19-15)12-8-4-5-9-13(12)18-10-11-6-2-1-3-7-11/h1-9H,10H2,(H,17,20). The van der Waals surface area contributed by atoms with E-state index in [1.807, 2.05) is 54.6 Å². The van der Waals surface area contributed by atoms with E-state index in [1.165, 1.54) is 0 Å². The third-order valence-corrected chi connectivity index (χ3v) is 2.97. The fraction of sp³-hybridized carbons (Fsp3) is 0.0667. The molecule has 0 aliphatic heterocycles. The van der Waals surface area contributed by atoms with Gasteiger partial charge in [-0.25, -0.2) is 5.10 Å². The number of aromatic nitrogens is 2. The third kappa shape index (κ3) is 2.78. The molecule has 0 bridgehead atoms. The topological polar surface area (TPSA) is 51.0 Å². The first-order chi connectivity index (χ1) is 9.83. The third-order valence-electron chi connectivity index (χ3n) is 2.79. The lowest BCUT2D eigenvalue weighted by Crippen LogP contribution is -1.96. The van der Waals surface area contributed by atoms with Crippen LogP contribution in [0.2, 0.25) is 0 Å². The maximum Gasteiger partial charge on any atom is 0.284 e. The number of aromatic amines is 1. The summed E-state index contributed by atoms with van der Waals surface area (Å²) in [4.78, 5) is 0.248. The molecule has 0 aliphatic carbocycles. The van der Waals surface area contributed by atoms with Crippen molar-refractivity contribution in [2.24, 2.45) is 0 Å². The second kappa shape index (κ2) is 5.71. The number of H-pyrrole nitrogens is 1. The van der Waals surface area contributed by atoms with Crippen molar-refractivity contribution >= 4 is 12.2 Å². The van der Waals surface area contributed by atoms with Crippen molar-refractivity contribution in [3.05, 3.63) is 65.0 Å². The quantitative estimate of drug-likeness (QED) is 0.736. The first-order valence-electron chi connectivity index (χ1n) is 6.14. The van der Waals surface area contributed by atoms with Crippen molar-refractivity contribution in [1.82, 2.24) is 10.2 Å². The molecule has 4 nitrogen and oxygen atoms in total. The van der Waals surface area contributed by atoms with Gasteiger partial charge in [0.2, 0.25) is 5.89 Å². The second-order valence-electron chi connectivity index (χ2n) is 4.19. The molecule has 2 aromatic carbocycles. The maximum atomic E-state index is 5.84. The zero-order valence-electron chi connectivity index (χ0n) is 10.6. The van der Waals surface area contributed by atoms with Crippen molar-refractivity contribution in [2.75, 3.05) is 0 Å². The summed E-state index contributed by atoms with van der Waals surface area (Å²) in [5.41, 5.74) is 1.88. The molecule has 0 atom stereocenters. The fourth-order valence-electron chi connectivity index (χ4n) is 1.85. The Balaban J connectivity index is 1.85. The van der Waals surface area contributed by atoms with Gasteiger partial charge in [-0.15, -0.1) is 5.10 Å². The van der Waals surface area contributed by atoms with Crippen LogP contribution in [0.15, 0.2) is 59.0 Å². The van der Waals surface area contributed by atoms with E-state index < -0.39 is 0 Å². The Kier molecular flexibility index (Phi) is 3.60. The smallest absolute Gasteiger partial charge is 0.284 e. The minimum absolute atomic E-state index is 0.248. The van der Waals surface area contributed by atoms with Crippen LogP contribution in [-0.2, 0) is 6.61 Å². The normalized spacial score (nSPS) is 10.4. The summed E-state index contributed by atoms with van der Waals surface area (Å²) in [5.74, 6) is 1.14. The van der Waals surface area contributed by atoms with E-state index >= 15 is 0 Å². The van der Waals surface area contributed by atoms with E-state index in [2.05, 4.69) is 10.2 Å². The Morgan fingerprint density at radius 1 is 1.05 bits per heavy atom. The van der Waals surface area contributed by atoms with Crippen LogP contribution in [0.5, 0.6) is 5.75 Å². The summed E-state index contributed by atoms with van der Waals surface area (Å²) in [6.07, 6.45) is 0. The lowest BCUT2D eigenvalue weighted by Gasteiger charge is -2.09. The van der Waals surface area contributed by atoms with E-state index in [0.29, 0.717) is 18.2 Å². The summed E-state index contributed by atoms with van der Waals surface area (Å²) >= 11 is 4.89. The molecule has 0 amide bonds. The minimum Gasteiger partial charge on any atom is -0.488 e. The molecule has 5 heteroatoms. The number of hydrogen-bond acceptors (Lipinski definition) is 4. The highest BCUT2D eigenvalue weighted by molar-refractivity contribution is 7.71. The molecule has 0 aliphatic rings. The van der Waals surface area contributed by atoms with Crippen molar-refractivity contribution in [1.29, 1.82) is 0 Å². The van der Waals surface area contributed by atoms with Crippen LogP contribution < -0.4 is 4.74 Å². The molecule has 1 heterocycles. The van der Waals surface area contributed by atoms with Gasteiger partial charge in [0.05, 0.1) is 5.56 Å². The monoisotopic (exact) mass is 284 g/mol. The van der Waals surface area contributed by atoms with Gasteiger partial charge in [-0.05, 0) is 29.9 Å². The Morgan fingerprint density at radius 2 is 1.80 bits per heavy atom. The molecule has 20 heavy (non-hydrogen) atoms. The van der Waals surface area contributed by atoms with Crippen LogP contribution >= 0.6 is 12.2 Å². The van der Waals surface area contributed by atoms with Gasteiger partial charge < -0.3 is 9.15 Å². The van der Waals surface area contributed by atoms with Gasteiger partial charge in [-0.2, -0.15) is 0 Å². The van der Waals surface area contributed by atoms with Gasteiger partial charge in [0.25, 0.3) is 4.84 Å². The highest BCUT2D eigenvalue weighted by Crippen LogP contribution is 2.28. The van der Waals surface area contributed by atoms with Crippen molar-refractivity contribution in [2.45, 2.75) is 6.61 Å². The molecule has 3 rings (SSSR count). The Bertz CT molecular complexity index is 750. The van der Waals surface area contributed by atoms with Crippen LogP contribution in [0.25, 0.3) is 11.5 Å². The maximum absolute atomic E-state index is 5.84. The zero-order chi connectivity index (χ0) is 13.8. The molecule has 0 saturated heterocycles. The molecular formula is C15H12N2O2S. The lowest BCUT2D eigenvalue weighted by atomic mass is 10.2. The van der Waals surface area contributed by atoms with Crippen LogP contribution in [0.3, 0.4) is 0 Å². The molecule has 1 aromatic heterocycles. The summed E-state index contributed by atoms with van der Waals surface area (Å²) in [6.45, 7) is 0.489. The molecule has 100 valence electrons. The molecule has 1 N–H and O–H groups in total. The van der Waals surface area contributed by atoms with Crippen LogP contribution in [0.1, 0.15) is 5.56 Å². The van der Waals surface area contributed by atoms with Crippen LogP contribution in [0.4, 0.5) is 0 Å². The highest BCUT2D eigenvalue weighted by Gasteiger charge is 2.10. The van der Waals surface area contributed by atoms with E-state index in [9.17, 15) is 0 Å². The minimum atomic E-state index is 0.248. The Labute approximate surface area is 121 Å². The number of hydrogen-bond donors (Lipinski definition) is 1. The van der Waals surface area contributed by atoms with Gasteiger partial charge in [0.1, 0.15) is 12.4 Å². The SMILES string of the molecule is S=c1[nH]nc(-c2ccccc2OCc2ccccc2)o1. The number of para-hydroxylation sites is 1. The van der Waals surface area contributed by atoms with Gasteiger partial charge in [-0.1, -0.05) is 42.5 Å². The fourth-order valence-corrected chi connectivity index (χ4v) is 1.97. The van der Waals surface area contributed by atoms with Crippen LogP contribution in [-0.4, -0.2) is 10.2 Å². The Morgan fingerprint density at radius 3 is 2.55 bits per heavy atom. The molecule has 3 aromatic rings. The predicted octanol–water partition coefficient (Wildman–Crippen LogP) is 3.98. The largest absolute Gasteiger partial charge is 0.488 e. The number of rotatable bonds is 4. The molecular weight excluding hydrogens is 272 g/mol. The molecule has 0 spiro atoms. The molecule has 0 fully saturated rings. The summed E-state index contributed by atoms with van der Waals surface area (Å²) < 4.78 is 11.2. The van der Waals surface area contributed by atoms with Crippen molar-refractivity contribution in [3.63, 3.8) is 0 Å². The average molecular weight is 284 g/mol. The number of nitrogens with zero attached hydrogens (tertiary/aromatic N) is 1. The van der Waals surface area contributed by atoms with Gasteiger partial charge >= 0.3 is 0 Å².